The molecule has 0 spiro atoms. The van der Waals surface area contributed by atoms with E-state index in [1.807, 2.05) is 18.2 Å². The first-order valence-corrected chi connectivity index (χ1v) is 6.63. The number of ether oxygens (including phenoxy) is 1. The van der Waals surface area contributed by atoms with Gasteiger partial charge in [0.05, 0.1) is 5.60 Å². The fourth-order valence-corrected chi connectivity index (χ4v) is 2.78. The molecular formula is C15H23NO2. The number of para-hydroxylation sites is 1. The Kier molecular flexibility index (Phi) is 3.93. The molecule has 0 bridgehead atoms. The summed E-state index contributed by atoms with van der Waals surface area (Å²) in [6.07, 6.45) is 2.25. The van der Waals surface area contributed by atoms with Gasteiger partial charge in [-0.3, -0.25) is 4.90 Å². The fourth-order valence-electron chi connectivity index (χ4n) is 2.78. The third-order valence-corrected chi connectivity index (χ3v) is 4.12. The van der Waals surface area contributed by atoms with E-state index < -0.39 is 0 Å². The second-order valence-corrected chi connectivity index (χ2v) is 5.46. The van der Waals surface area contributed by atoms with Crippen molar-refractivity contribution in [3.8, 4) is 5.75 Å². The number of aromatic hydroxyl groups is 1. The highest BCUT2D eigenvalue weighted by Gasteiger charge is 2.33. The van der Waals surface area contributed by atoms with Gasteiger partial charge in [0.25, 0.3) is 0 Å². The van der Waals surface area contributed by atoms with Crippen LogP contribution >= 0.6 is 0 Å². The number of phenols is 1. The molecule has 3 heteroatoms. The zero-order chi connectivity index (χ0) is 13.2. The Labute approximate surface area is 109 Å². The molecule has 1 aromatic carbocycles. The lowest BCUT2D eigenvalue weighted by Crippen LogP contribution is -2.48. The van der Waals surface area contributed by atoms with Crippen molar-refractivity contribution in [3.05, 3.63) is 29.8 Å². The summed E-state index contributed by atoms with van der Waals surface area (Å²) in [4.78, 5) is 2.39. The number of rotatable bonds is 3. The van der Waals surface area contributed by atoms with Gasteiger partial charge < -0.3 is 9.84 Å². The van der Waals surface area contributed by atoms with E-state index in [4.69, 9.17) is 4.74 Å². The molecule has 2 atom stereocenters. The van der Waals surface area contributed by atoms with Crippen LogP contribution in [0.25, 0.3) is 0 Å². The van der Waals surface area contributed by atoms with Crippen LogP contribution in [0.2, 0.25) is 0 Å². The van der Waals surface area contributed by atoms with Crippen LogP contribution in [0.3, 0.4) is 0 Å². The van der Waals surface area contributed by atoms with Crippen LogP contribution in [-0.4, -0.2) is 35.8 Å². The Morgan fingerprint density at radius 1 is 1.39 bits per heavy atom. The van der Waals surface area contributed by atoms with E-state index in [0.717, 1.165) is 31.5 Å². The van der Waals surface area contributed by atoms with Crippen LogP contribution in [0, 0.1) is 0 Å². The number of piperidine rings is 1. The smallest absolute Gasteiger partial charge is 0.120 e. The highest BCUT2D eigenvalue weighted by atomic mass is 16.5. The van der Waals surface area contributed by atoms with Crippen molar-refractivity contribution >= 4 is 0 Å². The molecule has 0 aliphatic carbocycles. The minimum Gasteiger partial charge on any atom is -0.508 e. The Morgan fingerprint density at radius 2 is 2.11 bits per heavy atom. The Hall–Kier alpha value is -1.06. The Balaban J connectivity index is 2.14. The van der Waals surface area contributed by atoms with E-state index in [1.165, 1.54) is 0 Å². The van der Waals surface area contributed by atoms with E-state index in [0.29, 0.717) is 5.75 Å². The number of hydrogen-bond acceptors (Lipinski definition) is 3. The number of benzene rings is 1. The standard InChI is InChI=1S/C15H23NO2/c1-12(13-7-4-5-8-14(13)17)16-10-6-9-15(2,11-16)18-3/h4-5,7-8,12,17H,6,9-11H2,1-3H3. The molecule has 2 unspecified atom stereocenters. The van der Waals surface area contributed by atoms with Gasteiger partial charge in [-0.1, -0.05) is 18.2 Å². The lowest BCUT2D eigenvalue weighted by atomic mass is 9.92. The lowest BCUT2D eigenvalue weighted by molar-refractivity contribution is -0.0601. The molecule has 0 radical (unpaired) electrons. The minimum atomic E-state index is -0.0586. The van der Waals surface area contributed by atoms with Gasteiger partial charge >= 0.3 is 0 Å². The van der Waals surface area contributed by atoms with Crippen LogP contribution in [0.5, 0.6) is 5.75 Å². The zero-order valence-electron chi connectivity index (χ0n) is 11.5. The van der Waals surface area contributed by atoms with Gasteiger partial charge in [-0.15, -0.1) is 0 Å². The van der Waals surface area contributed by atoms with Crippen molar-refractivity contribution in [1.29, 1.82) is 0 Å². The molecule has 1 aromatic rings. The minimum absolute atomic E-state index is 0.0586. The maximum absolute atomic E-state index is 9.94. The maximum Gasteiger partial charge on any atom is 0.120 e. The van der Waals surface area contributed by atoms with E-state index in [1.54, 1.807) is 13.2 Å². The molecule has 3 nitrogen and oxygen atoms in total. The first-order valence-electron chi connectivity index (χ1n) is 6.63. The molecule has 2 rings (SSSR count). The van der Waals surface area contributed by atoms with Crippen molar-refractivity contribution in [2.75, 3.05) is 20.2 Å². The van der Waals surface area contributed by atoms with Crippen molar-refractivity contribution in [1.82, 2.24) is 4.90 Å². The number of hydrogen-bond donors (Lipinski definition) is 1. The summed E-state index contributed by atoms with van der Waals surface area (Å²) in [5.74, 6) is 0.384. The Morgan fingerprint density at radius 3 is 2.78 bits per heavy atom. The van der Waals surface area contributed by atoms with Gasteiger partial charge in [0.1, 0.15) is 5.75 Å². The lowest BCUT2D eigenvalue weighted by Gasteiger charge is -2.42. The predicted molar refractivity (Wildman–Crippen MR) is 72.7 cm³/mol. The van der Waals surface area contributed by atoms with Crippen LogP contribution in [0.15, 0.2) is 24.3 Å². The van der Waals surface area contributed by atoms with E-state index in [9.17, 15) is 5.11 Å². The van der Waals surface area contributed by atoms with Crippen LogP contribution in [0.4, 0.5) is 0 Å². The summed E-state index contributed by atoms with van der Waals surface area (Å²) >= 11 is 0. The third-order valence-electron chi connectivity index (χ3n) is 4.12. The van der Waals surface area contributed by atoms with Crippen LogP contribution < -0.4 is 0 Å². The average Bonchev–Trinajstić information content (AvgIpc) is 2.39. The molecule has 1 aliphatic heterocycles. The molecular weight excluding hydrogens is 226 g/mol. The van der Waals surface area contributed by atoms with Gasteiger partial charge in [-0.2, -0.15) is 0 Å². The molecule has 1 saturated heterocycles. The average molecular weight is 249 g/mol. The molecule has 0 saturated carbocycles. The number of methoxy groups -OCH3 is 1. The monoisotopic (exact) mass is 249 g/mol. The molecule has 1 heterocycles. The molecule has 18 heavy (non-hydrogen) atoms. The number of phenolic OH excluding ortho intramolecular Hbond substituents is 1. The molecule has 0 amide bonds. The van der Waals surface area contributed by atoms with Crippen molar-refractivity contribution in [2.24, 2.45) is 0 Å². The van der Waals surface area contributed by atoms with E-state index in [2.05, 4.69) is 18.7 Å². The van der Waals surface area contributed by atoms with E-state index >= 15 is 0 Å². The van der Waals surface area contributed by atoms with Gasteiger partial charge in [-0.05, 0) is 39.3 Å². The molecule has 1 fully saturated rings. The van der Waals surface area contributed by atoms with Crippen molar-refractivity contribution in [2.45, 2.75) is 38.3 Å². The first-order chi connectivity index (χ1) is 8.56. The van der Waals surface area contributed by atoms with Gasteiger partial charge in [0, 0.05) is 25.3 Å². The van der Waals surface area contributed by atoms with Crippen molar-refractivity contribution in [3.63, 3.8) is 0 Å². The first kappa shape index (κ1) is 13.4. The largest absolute Gasteiger partial charge is 0.508 e. The summed E-state index contributed by atoms with van der Waals surface area (Å²) in [5, 5.41) is 9.94. The molecule has 1 aliphatic rings. The fraction of sp³-hybridized carbons (Fsp3) is 0.600. The summed E-state index contributed by atoms with van der Waals surface area (Å²) in [6, 6.07) is 7.82. The SMILES string of the molecule is COC1(C)CCCN(C(C)c2ccccc2O)C1. The normalized spacial score (nSPS) is 27.1. The highest BCUT2D eigenvalue weighted by Crippen LogP contribution is 2.33. The maximum atomic E-state index is 9.94. The quantitative estimate of drug-likeness (QED) is 0.894. The van der Waals surface area contributed by atoms with Gasteiger partial charge in [0.2, 0.25) is 0 Å². The van der Waals surface area contributed by atoms with Gasteiger partial charge in [-0.25, -0.2) is 0 Å². The molecule has 0 aromatic heterocycles. The third kappa shape index (κ3) is 2.68. The topological polar surface area (TPSA) is 32.7 Å². The second-order valence-electron chi connectivity index (χ2n) is 5.46. The molecule has 100 valence electrons. The predicted octanol–water partition coefficient (Wildman–Crippen LogP) is 2.95. The van der Waals surface area contributed by atoms with E-state index in [-0.39, 0.29) is 11.6 Å². The highest BCUT2D eigenvalue weighted by molar-refractivity contribution is 5.34. The Bertz CT molecular complexity index is 407. The summed E-state index contributed by atoms with van der Waals surface area (Å²) < 4.78 is 5.62. The van der Waals surface area contributed by atoms with Crippen LogP contribution in [-0.2, 0) is 4.74 Å². The summed E-state index contributed by atoms with van der Waals surface area (Å²) in [5.41, 5.74) is 0.939. The number of likely N-dealkylation sites (tertiary alicyclic amines) is 1. The van der Waals surface area contributed by atoms with Crippen LogP contribution in [0.1, 0.15) is 38.3 Å². The van der Waals surface area contributed by atoms with Crippen molar-refractivity contribution < 1.29 is 9.84 Å². The number of nitrogens with zero attached hydrogens (tertiary/aromatic N) is 1. The zero-order valence-corrected chi connectivity index (χ0v) is 11.5. The second kappa shape index (κ2) is 5.29. The summed E-state index contributed by atoms with van der Waals surface area (Å²) in [6.45, 7) is 6.29. The molecule has 1 N–H and O–H groups in total. The van der Waals surface area contributed by atoms with Gasteiger partial charge in [0.15, 0.2) is 0 Å². The summed E-state index contributed by atoms with van der Waals surface area (Å²) in [7, 11) is 1.79.